The zero-order chi connectivity index (χ0) is 18.0. The van der Waals surface area contributed by atoms with E-state index >= 15 is 0 Å². The van der Waals surface area contributed by atoms with Crippen LogP contribution in [-0.2, 0) is 4.74 Å². The molecular weight excluding hydrogens is 328 g/mol. The Hall–Kier alpha value is -2.40. The number of amides is 1. The zero-order valence-corrected chi connectivity index (χ0v) is 15.1. The Balaban J connectivity index is 1.44. The molecular formula is C21H24N2O3. The Morgan fingerprint density at radius 2 is 2.19 bits per heavy atom. The molecule has 2 aromatic rings. The molecule has 0 radical (unpaired) electrons. The maximum atomic E-state index is 13.0. The van der Waals surface area contributed by atoms with Crippen LogP contribution >= 0.6 is 0 Å². The van der Waals surface area contributed by atoms with Crippen molar-refractivity contribution in [3.63, 3.8) is 0 Å². The molecule has 1 amide bonds. The number of likely N-dealkylation sites (tertiary alicyclic amines) is 1. The second kappa shape index (κ2) is 7.08. The minimum absolute atomic E-state index is 0.00714. The molecule has 2 aliphatic rings. The number of piperidine rings is 1. The Kier molecular flexibility index (Phi) is 4.64. The number of aryl methyl sites for hydroxylation is 1. The molecule has 5 nitrogen and oxygen atoms in total. The van der Waals surface area contributed by atoms with Crippen LogP contribution in [0.15, 0.2) is 48.8 Å². The lowest BCUT2D eigenvalue weighted by Gasteiger charge is -2.39. The van der Waals surface area contributed by atoms with Crippen LogP contribution < -0.4 is 4.74 Å². The third kappa shape index (κ3) is 3.44. The number of pyridine rings is 1. The molecule has 0 aliphatic carbocycles. The van der Waals surface area contributed by atoms with E-state index in [2.05, 4.69) is 4.98 Å². The van der Waals surface area contributed by atoms with Gasteiger partial charge in [0, 0.05) is 24.7 Å². The summed E-state index contributed by atoms with van der Waals surface area (Å²) in [6, 6.07) is 11.5. The molecule has 0 saturated carbocycles. The predicted molar refractivity (Wildman–Crippen MR) is 98.3 cm³/mol. The summed E-state index contributed by atoms with van der Waals surface area (Å²) in [5, 5.41) is 0. The van der Waals surface area contributed by atoms with Crippen molar-refractivity contribution in [1.29, 1.82) is 0 Å². The fraction of sp³-hybridized carbons (Fsp3) is 0.429. The molecule has 1 aromatic heterocycles. The number of carbonyl (C=O) groups excluding carboxylic acids is 1. The van der Waals surface area contributed by atoms with Crippen molar-refractivity contribution in [2.45, 2.75) is 37.9 Å². The van der Waals surface area contributed by atoms with E-state index < -0.39 is 0 Å². The van der Waals surface area contributed by atoms with Gasteiger partial charge in [-0.25, -0.2) is 0 Å². The lowest BCUT2D eigenvalue weighted by molar-refractivity contribution is -0.0453. The van der Waals surface area contributed by atoms with Crippen molar-refractivity contribution >= 4 is 5.91 Å². The third-order valence-corrected chi connectivity index (χ3v) is 5.31. The van der Waals surface area contributed by atoms with Gasteiger partial charge in [0.2, 0.25) is 0 Å². The summed E-state index contributed by atoms with van der Waals surface area (Å²) in [4.78, 5) is 19.0. The minimum atomic E-state index is -0.288. The normalized spacial score (nSPS) is 25.4. The summed E-state index contributed by atoms with van der Waals surface area (Å²) >= 11 is 0. The van der Waals surface area contributed by atoms with Gasteiger partial charge in [0.25, 0.3) is 5.91 Å². The Labute approximate surface area is 153 Å². The number of hydrogen-bond acceptors (Lipinski definition) is 4. The van der Waals surface area contributed by atoms with Crippen LogP contribution in [0.4, 0.5) is 0 Å². The number of benzene rings is 1. The predicted octanol–water partition coefficient (Wildman–Crippen LogP) is 3.23. The highest BCUT2D eigenvalue weighted by Gasteiger charge is 2.45. The van der Waals surface area contributed by atoms with E-state index in [9.17, 15) is 4.79 Å². The van der Waals surface area contributed by atoms with Gasteiger partial charge in [-0.05, 0) is 43.5 Å². The summed E-state index contributed by atoms with van der Waals surface area (Å²) in [6.45, 7) is 3.96. The van der Waals surface area contributed by atoms with Crippen molar-refractivity contribution in [1.82, 2.24) is 9.88 Å². The first-order valence-corrected chi connectivity index (χ1v) is 9.21. The minimum Gasteiger partial charge on any atom is -0.486 e. The Bertz CT molecular complexity index is 780. The van der Waals surface area contributed by atoms with E-state index in [0.717, 1.165) is 42.7 Å². The fourth-order valence-corrected chi connectivity index (χ4v) is 4.03. The molecule has 4 rings (SSSR count). The first-order chi connectivity index (χ1) is 12.7. The van der Waals surface area contributed by atoms with E-state index in [1.165, 1.54) is 0 Å². The average molecular weight is 352 g/mol. The maximum Gasteiger partial charge on any atom is 0.254 e. The van der Waals surface area contributed by atoms with Gasteiger partial charge in [-0.2, -0.15) is 0 Å². The number of rotatable bonds is 3. The van der Waals surface area contributed by atoms with Gasteiger partial charge < -0.3 is 14.4 Å². The Morgan fingerprint density at radius 3 is 3.00 bits per heavy atom. The molecule has 2 atom stereocenters. The SMILES string of the molecule is Cc1ccccc1C(=O)N1CCC[C@]2(C[C@H](Oc3cccnc3)CO2)C1. The van der Waals surface area contributed by atoms with Gasteiger partial charge in [0.05, 0.1) is 24.9 Å². The highest BCUT2D eigenvalue weighted by molar-refractivity contribution is 5.95. The van der Waals surface area contributed by atoms with Crippen molar-refractivity contribution < 1.29 is 14.3 Å². The second-order valence-electron chi connectivity index (χ2n) is 7.27. The van der Waals surface area contributed by atoms with Crippen LogP contribution in [0.25, 0.3) is 0 Å². The van der Waals surface area contributed by atoms with Crippen LogP contribution in [0.3, 0.4) is 0 Å². The number of hydrogen-bond donors (Lipinski definition) is 0. The maximum absolute atomic E-state index is 13.0. The standard InChI is InChI=1S/C21H24N2O3/c1-16-6-2-3-8-19(16)20(24)23-11-5-9-21(15-23)12-18(14-25-21)26-17-7-4-10-22-13-17/h2-4,6-8,10,13,18H,5,9,11-12,14-15H2,1H3/t18-,21-/m0/s1. The van der Waals surface area contributed by atoms with E-state index in [1.54, 1.807) is 12.4 Å². The molecule has 0 N–H and O–H groups in total. The summed E-state index contributed by atoms with van der Waals surface area (Å²) in [7, 11) is 0. The smallest absolute Gasteiger partial charge is 0.254 e. The van der Waals surface area contributed by atoms with Crippen molar-refractivity contribution in [3.05, 3.63) is 59.9 Å². The summed E-state index contributed by atoms with van der Waals surface area (Å²) in [5.41, 5.74) is 1.51. The number of nitrogens with zero attached hydrogens (tertiary/aromatic N) is 2. The first kappa shape index (κ1) is 17.0. The molecule has 2 saturated heterocycles. The number of ether oxygens (including phenoxy) is 2. The summed E-state index contributed by atoms with van der Waals surface area (Å²) < 4.78 is 12.2. The monoisotopic (exact) mass is 352 g/mol. The molecule has 0 unspecified atom stereocenters. The molecule has 3 heterocycles. The summed E-state index contributed by atoms with van der Waals surface area (Å²) in [5.74, 6) is 0.865. The lowest BCUT2D eigenvalue weighted by atomic mass is 9.88. The second-order valence-corrected chi connectivity index (χ2v) is 7.27. The molecule has 5 heteroatoms. The molecule has 2 aliphatic heterocycles. The molecule has 2 fully saturated rings. The lowest BCUT2D eigenvalue weighted by Crippen LogP contribution is -2.50. The Morgan fingerprint density at radius 1 is 1.31 bits per heavy atom. The van der Waals surface area contributed by atoms with Crippen LogP contribution in [-0.4, -0.2) is 47.2 Å². The van der Waals surface area contributed by atoms with E-state index in [-0.39, 0.29) is 17.6 Å². The summed E-state index contributed by atoms with van der Waals surface area (Å²) in [6.07, 6.45) is 6.19. The fourth-order valence-electron chi connectivity index (χ4n) is 4.03. The van der Waals surface area contributed by atoms with Crippen LogP contribution in [0.1, 0.15) is 35.2 Å². The van der Waals surface area contributed by atoms with E-state index in [4.69, 9.17) is 9.47 Å². The number of aromatic nitrogens is 1. The van der Waals surface area contributed by atoms with Gasteiger partial charge in [0.1, 0.15) is 11.9 Å². The number of carbonyl (C=O) groups is 1. The highest BCUT2D eigenvalue weighted by atomic mass is 16.6. The third-order valence-electron chi connectivity index (χ3n) is 5.31. The van der Waals surface area contributed by atoms with Crippen LogP contribution in [0.2, 0.25) is 0 Å². The molecule has 1 spiro atoms. The van der Waals surface area contributed by atoms with Crippen molar-refractivity contribution in [2.75, 3.05) is 19.7 Å². The van der Waals surface area contributed by atoms with E-state index in [0.29, 0.717) is 13.2 Å². The van der Waals surface area contributed by atoms with Gasteiger partial charge >= 0.3 is 0 Å². The molecule has 1 aromatic carbocycles. The molecule has 136 valence electrons. The van der Waals surface area contributed by atoms with Gasteiger partial charge in [-0.1, -0.05) is 18.2 Å². The zero-order valence-electron chi connectivity index (χ0n) is 15.1. The van der Waals surface area contributed by atoms with E-state index in [1.807, 2.05) is 48.2 Å². The largest absolute Gasteiger partial charge is 0.486 e. The van der Waals surface area contributed by atoms with Gasteiger partial charge in [-0.15, -0.1) is 0 Å². The van der Waals surface area contributed by atoms with Crippen molar-refractivity contribution in [2.24, 2.45) is 0 Å². The average Bonchev–Trinajstić information content (AvgIpc) is 3.04. The van der Waals surface area contributed by atoms with Gasteiger partial charge in [0.15, 0.2) is 0 Å². The van der Waals surface area contributed by atoms with Crippen LogP contribution in [0.5, 0.6) is 5.75 Å². The van der Waals surface area contributed by atoms with Gasteiger partial charge in [-0.3, -0.25) is 9.78 Å². The van der Waals surface area contributed by atoms with Crippen molar-refractivity contribution in [3.8, 4) is 5.75 Å². The quantitative estimate of drug-likeness (QED) is 0.851. The topological polar surface area (TPSA) is 51.7 Å². The molecule has 26 heavy (non-hydrogen) atoms. The van der Waals surface area contributed by atoms with Crippen LogP contribution in [0, 0.1) is 6.92 Å². The highest BCUT2D eigenvalue weighted by Crippen LogP contribution is 2.36. The first-order valence-electron chi connectivity index (χ1n) is 9.21. The molecule has 0 bridgehead atoms.